The third kappa shape index (κ3) is 5.58. The van der Waals surface area contributed by atoms with Gasteiger partial charge >= 0.3 is 6.09 Å². The fourth-order valence-corrected chi connectivity index (χ4v) is 3.92. The first-order valence-corrected chi connectivity index (χ1v) is 10.9. The zero-order valence-electron chi connectivity index (χ0n) is 18.7. The number of nitrogens with one attached hydrogen (secondary N) is 1. The maximum Gasteiger partial charge on any atom is 0.410 e. The minimum Gasteiger partial charge on any atom is -0.494 e. The van der Waals surface area contributed by atoms with E-state index in [1.54, 1.807) is 4.90 Å². The summed E-state index contributed by atoms with van der Waals surface area (Å²) in [5.41, 5.74) is 1.49. The molecule has 30 heavy (non-hydrogen) atoms. The van der Waals surface area contributed by atoms with Crippen LogP contribution < -0.4 is 14.8 Å². The van der Waals surface area contributed by atoms with Crippen LogP contribution in [0.4, 0.5) is 4.79 Å². The van der Waals surface area contributed by atoms with Crippen LogP contribution in [0.15, 0.2) is 12.1 Å². The van der Waals surface area contributed by atoms with Crippen molar-refractivity contribution in [3.8, 4) is 11.5 Å². The topological polar surface area (TPSA) is 77.1 Å². The molecule has 2 unspecified atom stereocenters. The van der Waals surface area contributed by atoms with Crippen LogP contribution in [0.5, 0.6) is 11.5 Å². The highest BCUT2D eigenvalue weighted by atomic mass is 16.6. The zero-order valence-corrected chi connectivity index (χ0v) is 18.7. The molecule has 0 aliphatic carbocycles. The summed E-state index contributed by atoms with van der Waals surface area (Å²) >= 11 is 0. The van der Waals surface area contributed by atoms with E-state index in [0.717, 1.165) is 41.9 Å². The molecule has 2 aliphatic rings. The Morgan fingerprint density at radius 2 is 2.07 bits per heavy atom. The first-order valence-electron chi connectivity index (χ1n) is 10.9. The van der Waals surface area contributed by atoms with Gasteiger partial charge in [0.1, 0.15) is 23.2 Å². The Labute approximate surface area is 179 Å². The van der Waals surface area contributed by atoms with Crippen molar-refractivity contribution in [1.82, 2.24) is 10.2 Å². The number of fused-ring (bicyclic) bond motifs is 1. The highest BCUT2D eigenvalue weighted by Crippen LogP contribution is 2.35. The smallest absolute Gasteiger partial charge is 0.410 e. The first-order chi connectivity index (χ1) is 14.2. The second-order valence-corrected chi connectivity index (χ2v) is 9.12. The molecule has 1 N–H and O–H groups in total. The largest absolute Gasteiger partial charge is 0.494 e. The third-order valence-corrected chi connectivity index (χ3v) is 5.28. The average molecular weight is 419 g/mol. The number of piperidine rings is 1. The summed E-state index contributed by atoms with van der Waals surface area (Å²) in [5, 5.41) is 3.02. The number of hydrogen-bond acceptors (Lipinski definition) is 5. The van der Waals surface area contributed by atoms with Crippen LogP contribution in [0.3, 0.4) is 0 Å². The fraction of sp³-hybridized carbons (Fsp3) is 0.652. The second-order valence-electron chi connectivity index (χ2n) is 9.12. The van der Waals surface area contributed by atoms with Crippen molar-refractivity contribution in [2.24, 2.45) is 5.92 Å². The molecule has 0 radical (unpaired) electrons. The summed E-state index contributed by atoms with van der Waals surface area (Å²) in [6.07, 6.45) is 2.20. The van der Waals surface area contributed by atoms with Crippen molar-refractivity contribution in [2.75, 3.05) is 19.7 Å². The minimum atomic E-state index is -0.547. The predicted molar refractivity (Wildman–Crippen MR) is 114 cm³/mol. The van der Waals surface area contributed by atoms with Crippen molar-refractivity contribution in [1.29, 1.82) is 0 Å². The Morgan fingerprint density at radius 3 is 2.77 bits per heavy atom. The molecule has 7 heteroatoms. The van der Waals surface area contributed by atoms with Gasteiger partial charge in [-0.25, -0.2) is 4.79 Å². The van der Waals surface area contributed by atoms with Crippen LogP contribution in [-0.2, 0) is 22.5 Å². The highest BCUT2D eigenvalue weighted by Gasteiger charge is 2.31. The van der Waals surface area contributed by atoms with E-state index >= 15 is 0 Å². The van der Waals surface area contributed by atoms with E-state index < -0.39 is 5.60 Å². The van der Waals surface area contributed by atoms with Crippen molar-refractivity contribution in [3.63, 3.8) is 0 Å². The molecule has 1 aromatic rings. The number of nitrogens with zero attached hydrogens (tertiary/aromatic N) is 1. The molecule has 166 valence electrons. The van der Waals surface area contributed by atoms with Gasteiger partial charge in [0.2, 0.25) is 5.91 Å². The number of hydrogen-bond donors (Lipinski definition) is 1. The Bertz CT molecular complexity index is 787. The number of rotatable bonds is 5. The molecule has 2 atom stereocenters. The average Bonchev–Trinajstić information content (AvgIpc) is 3.03. The van der Waals surface area contributed by atoms with Crippen molar-refractivity contribution < 1.29 is 23.8 Å². The van der Waals surface area contributed by atoms with Crippen molar-refractivity contribution >= 4 is 12.0 Å². The number of benzene rings is 1. The molecule has 0 saturated carbocycles. The van der Waals surface area contributed by atoms with Crippen LogP contribution in [-0.4, -0.2) is 48.3 Å². The van der Waals surface area contributed by atoms with Gasteiger partial charge in [-0.05, 0) is 59.6 Å². The van der Waals surface area contributed by atoms with Crippen molar-refractivity contribution in [3.05, 3.63) is 23.3 Å². The van der Waals surface area contributed by atoms with Gasteiger partial charge in [-0.2, -0.15) is 0 Å². The zero-order chi connectivity index (χ0) is 21.9. The molecule has 2 heterocycles. The second kappa shape index (κ2) is 9.14. The summed E-state index contributed by atoms with van der Waals surface area (Å²) in [7, 11) is 0. The number of carbonyl (C=O) groups excluding carboxylic acids is 2. The minimum absolute atomic E-state index is 0.0551. The van der Waals surface area contributed by atoms with E-state index in [-0.39, 0.29) is 24.0 Å². The fourth-order valence-electron chi connectivity index (χ4n) is 3.92. The third-order valence-electron chi connectivity index (χ3n) is 5.28. The Balaban J connectivity index is 1.61. The molecule has 0 aromatic heterocycles. The molecule has 3 rings (SSSR count). The summed E-state index contributed by atoms with van der Waals surface area (Å²) in [6.45, 7) is 11.4. The molecule has 0 spiro atoms. The lowest BCUT2D eigenvalue weighted by Gasteiger charge is -2.33. The molecule has 0 bridgehead atoms. The van der Waals surface area contributed by atoms with Gasteiger partial charge in [-0.3, -0.25) is 4.79 Å². The summed E-state index contributed by atoms with van der Waals surface area (Å²) in [5.74, 6) is 1.35. The van der Waals surface area contributed by atoms with Crippen LogP contribution in [0.2, 0.25) is 0 Å². The van der Waals surface area contributed by atoms with E-state index in [4.69, 9.17) is 14.2 Å². The van der Waals surface area contributed by atoms with Crippen LogP contribution in [0.25, 0.3) is 0 Å². The van der Waals surface area contributed by atoms with E-state index in [2.05, 4.69) is 5.32 Å². The van der Waals surface area contributed by atoms with Gasteiger partial charge in [0.25, 0.3) is 0 Å². The van der Waals surface area contributed by atoms with Crippen LogP contribution in [0.1, 0.15) is 58.6 Å². The maximum absolute atomic E-state index is 12.8. The van der Waals surface area contributed by atoms with E-state index in [1.165, 1.54) is 0 Å². The normalized spacial score (nSPS) is 20.9. The summed E-state index contributed by atoms with van der Waals surface area (Å²) in [6, 6.07) is 3.99. The lowest BCUT2D eigenvalue weighted by atomic mass is 9.97. The van der Waals surface area contributed by atoms with Gasteiger partial charge in [0, 0.05) is 37.2 Å². The van der Waals surface area contributed by atoms with E-state index in [1.807, 2.05) is 46.8 Å². The van der Waals surface area contributed by atoms with E-state index in [9.17, 15) is 9.59 Å². The van der Waals surface area contributed by atoms with Gasteiger partial charge in [-0.15, -0.1) is 0 Å². The van der Waals surface area contributed by atoms with Crippen molar-refractivity contribution in [2.45, 2.75) is 72.1 Å². The number of likely N-dealkylation sites (tertiary alicyclic amines) is 1. The number of amides is 2. The highest BCUT2D eigenvalue weighted by molar-refractivity contribution is 5.80. The lowest BCUT2D eigenvalue weighted by Crippen LogP contribution is -2.46. The Hall–Kier alpha value is -2.44. The first kappa shape index (κ1) is 22.2. The van der Waals surface area contributed by atoms with Crippen LogP contribution in [0, 0.1) is 5.92 Å². The van der Waals surface area contributed by atoms with Gasteiger partial charge in [0.05, 0.1) is 12.5 Å². The molecule has 1 aromatic carbocycles. The summed E-state index contributed by atoms with van der Waals surface area (Å²) in [4.78, 5) is 26.8. The Kier molecular flexibility index (Phi) is 6.78. The molecule has 2 aliphatic heterocycles. The molecular formula is C23H34N2O5. The van der Waals surface area contributed by atoms with Gasteiger partial charge in [0.15, 0.2) is 0 Å². The quantitative estimate of drug-likeness (QED) is 0.789. The van der Waals surface area contributed by atoms with E-state index in [0.29, 0.717) is 26.2 Å². The molecular weight excluding hydrogens is 384 g/mol. The molecule has 7 nitrogen and oxygen atoms in total. The van der Waals surface area contributed by atoms with Gasteiger partial charge in [-0.1, -0.05) is 0 Å². The SMILES string of the molecule is CCOc1cc2c(cc1CNC(=O)C1CCCN(C(=O)OC(C)(C)C)C1)OC(C)C2. The monoisotopic (exact) mass is 418 g/mol. The molecule has 1 saturated heterocycles. The van der Waals surface area contributed by atoms with Crippen LogP contribution >= 0.6 is 0 Å². The summed E-state index contributed by atoms with van der Waals surface area (Å²) < 4.78 is 17.1. The maximum atomic E-state index is 12.8. The molecule has 1 fully saturated rings. The molecule has 2 amide bonds. The van der Waals surface area contributed by atoms with Gasteiger partial charge < -0.3 is 24.4 Å². The Morgan fingerprint density at radius 1 is 1.30 bits per heavy atom. The number of carbonyl (C=O) groups is 2. The number of ether oxygens (including phenoxy) is 3. The lowest BCUT2D eigenvalue weighted by molar-refractivity contribution is -0.126. The standard InChI is InChI=1S/C23H34N2O5/c1-6-28-19-11-17-10-15(2)29-20(17)12-18(19)13-24-21(26)16-8-7-9-25(14-16)22(27)30-23(3,4)5/h11-12,15-16H,6-10,13-14H2,1-5H3,(H,24,26). The predicted octanol–water partition coefficient (Wildman–Crippen LogP) is 3.67.